The molecule has 39 heavy (non-hydrogen) atoms. The maximum Gasteiger partial charge on any atom is 0.227 e. The molecule has 1 saturated carbocycles. The molecule has 7 rings (SSSR count). The number of imidazole rings is 1. The Kier molecular flexibility index (Phi) is 5.99. The fraction of sp³-hybridized carbons (Fsp3) is 0.179. The zero-order chi connectivity index (χ0) is 25.8. The van der Waals surface area contributed by atoms with Crippen LogP contribution in [0.5, 0.6) is 0 Å². The van der Waals surface area contributed by atoms with Crippen LogP contribution in [0.1, 0.15) is 36.9 Å². The third kappa shape index (κ3) is 4.46. The Morgan fingerprint density at radius 1 is 1.03 bits per heavy atom. The van der Waals surface area contributed by atoms with Gasteiger partial charge in [0.2, 0.25) is 5.91 Å². The Morgan fingerprint density at radius 2 is 1.85 bits per heavy atom. The predicted octanol–water partition coefficient (Wildman–Crippen LogP) is 5.87. The zero-order valence-corrected chi connectivity index (χ0v) is 21.0. The topological polar surface area (TPSA) is 142 Å². The molecule has 1 aliphatic carbocycles. The lowest BCUT2D eigenvalue weighted by Gasteiger charge is -2.06. The summed E-state index contributed by atoms with van der Waals surface area (Å²) in [5.41, 5.74) is 5.94. The van der Waals surface area contributed by atoms with Crippen molar-refractivity contribution in [3.8, 4) is 33.1 Å². The van der Waals surface area contributed by atoms with Crippen molar-refractivity contribution in [2.45, 2.75) is 27.2 Å². The van der Waals surface area contributed by atoms with E-state index in [1.54, 1.807) is 37.9 Å². The number of nitrogens with zero attached hydrogens (tertiary/aromatic N) is 5. The van der Waals surface area contributed by atoms with Crippen LogP contribution in [0.3, 0.4) is 0 Å². The SMILES string of the molecule is C.CC(=O)c1ccc(-c2cncc3[nH]c(-c4[nH]nc5ncc(-c6cncc(NC(=O)C7CC7)c6)cc45)nc23)s1. The summed E-state index contributed by atoms with van der Waals surface area (Å²) < 4.78 is 0. The monoisotopic (exact) mass is 536 g/mol. The summed E-state index contributed by atoms with van der Waals surface area (Å²) in [5.74, 6) is 0.777. The first-order valence-corrected chi connectivity index (χ1v) is 12.9. The summed E-state index contributed by atoms with van der Waals surface area (Å²) in [7, 11) is 0. The average Bonchev–Trinajstić information content (AvgIpc) is 3.32. The van der Waals surface area contributed by atoms with E-state index >= 15 is 0 Å². The van der Waals surface area contributed by atoms with Crippen LogP contribution in [0.2, 0.25) is 0 Å². The number of fused-ring (bicyclic) bond motifs is 2. The van der Waals surface area contributed by atoms with Crippen LogP contribution in [0.4, 0.5) is 5.69 Å². The van der Waals surface area contributed by atoms with Gasteiger partial charge in [0.1, 0.15) is 11.2 Å². The minimum absolute atomic E-state index is 0. The summed E-state index contributed by atoms with van der Waals surface area (Å²) in [4.78, 5) is 47.0. The number of nitrogens with one attached hydrogen (secondary N) is 3. The number of carbonyl (C=O) groups is 2. The van der Waals surface area contributed by atoms with Crippen LogP contribution in [0, 0.1) is 5.92 Å². The van der Waals surface area contributed by atoms with E-state index in [-0.39, 0.29) is 25.0 Å². The Morgan fingerprint density at radius 3 is 2.64 bits per heavy atom. The molecule has 194 valence electrons. The number of thiophene rings is 1. The molecule has 0 saturated heterocycles. The van der Waals surface area contributed by atoms with Gasteiger partial charge in [-0.1, -0.05) is 7.43 Å². The number of rotatable bonds is 6. The summed E-state index contributed by atoms with van der Waals surface area (Å²) in [6, 6.07) is 7.62. The van der Waals surface area contributed by atoms with Crippen molar-refractivity contribution in [3.63, 3.8) is 0 Å². The van der Waals surface area contributed by atoms with E-state index in [1.807, 2.05) is 24.3 Å². The van der Waals surface area contributed by atoms with Gasteiger partial charge >= 0.3 is 0 Å². The van der Waals surface area contributed by atoms with Crippen molar-refractivity contribution >= 4 is 50.8 Å². The van der Waals surface area contributed by atoms with Crippen LogP contribution in [0.15, 0.2) is 55.2 Å². The summed E-state index contributed by atoms with van der Waals surface area (Å²) >= 11 is 1.42. The minimum atomic E-state index is 0. The number of anilines is 1. The zero-order valence-electron chi connectivity index (χ0n) is 20.1. The Labute approximate surface area is 227 Å². The lowest BCUT2D eigenvalue weighted by Crippen LogP contribution is -2.13. The van der Waals surface area contributed by atoms with Gasteiger partial charge in [0.15, 0.2) is 17.3 Å². The molecule has 1 fully saturated rings. The van der Waals surface area contributed by atoms with Crippen molar-refractivity contribution in [2.75, 3.05) is 5.32 Å². The molecule has 0 bridgehead atoms. The van der Waals surface area contributed by atoms with Crippen LogP contribution in [0.25, 0.3) is 55.2 Å². The molecular formula is C28H24N8O2S. The van der Waals surface area contributed by atoms with Gasteiger partial charge in [-0.2, -0.15) is 5.10 Å². The number of hydrogen-bond acceptors (Lipinski definition) is 8. The number of carbonyl (C=O) groups excluding carboxylic acids is 2. The molecule has 0 radical (unpaired) electrons. The quantitative estimate of drug-likeness (QED) is 0.226. The molecule has 0 unspecified atom stereocenters. The highest BCUT2D eigenvalue weighted by Crippen LogP contribution is 2.35. The first kappa shape index (κ1) is 24.6. The Balaban J connectivity index is 0.00000277. The van der Waals surface area contributed by atoms with Crippen LogP contribution in [-0.2, 0) is 4.79 Å². The van der Waals surface area contributed by atoms with E-state index in [4.69, 9.17) is 4.98 Å². The summed E-state index contributed by atoms with van der Waals surface area (Å²) in [6.07, 6.45) is 10.5. The molecule has 1 aliphatic rings. The first-order valence-electron chi connectivity index (χ1n) is 12.1. The third-order valence-corrected chi connectivity index (χ3v) is 7.77. The van der Waals surface area contributed by atoms with Gasteiger partial charge in [-0.25, -0.2) is 9.97 Å². The van der Waals surface area contributed by atoms with Crippen molar-refractivity contribution in [2.24, 2.45) is 5.92 Å². The molecule has 0 aliphatic heterocycles. The number of amides is 1. The van der Waals surface area contributed by atoms with Gasteiger partial charge in [0.05, 0.1) is 33.9 Å². The molecule has 10 nitrogen and oxygen atoms in total. The van der Waals surface area contributed by atoms with Crippen LogP contribution < -0.4 is 5.32 Å². The minimum Gasteiger partial charge on any atom is -0.335 e. The standard InChI is InChI=1S/C27H20N8O2S.CH4/c1-13(36)21-4-5-22(38-21)19-11-29-12-20-23(19)33-26(32-20)24-18-7-16(9-30-25(18)35-34-24)15-6-17(10-28-8-15)31-27(37)14-2-3-14;/h4-12,14H,2-3H2,1H3,(H,31,37)(H,32,33)(H,30,34,35);1H4. The van der Waals surface area contributed by atoms with E-state index in [0.717, 1.165) is 50.8 Å². The van der Waals surface area contributed by atoms with E-state index in [1.165, 1.54) is 11.3 Å². The maximum atomic E-state index is 12.2. The van der Waals surface area contributed by atoms with E-state index in [2.05, 4.69) is 35.5 Å². The molecule has 0 atom stereocenters. The number of Topliss-reactive ketones (excluding diaryl/α,β-unsaturated/α-hetero) is 1. The highest BCUT2D eigenvalue weighted by molar-refractivity contribution is 7.17. The van der Waals surface area contributed by atoms with E-state index in [9.17, 15) is 9.59 Å². The fourth-order valence-corrected chi connectivity index (χ4v) is 5.31. The second kappa shape index (κ2) is 9.52. The van der Waals surface area contributed by atoms with Gasteiger partial charge < -0.3 is 10.3 Å². The first-order chi connectivity index (χ1) is 18.5. The molecule has 0 aromatic carbocycles. The van der Waals surface area contributed by atoms with Crippen molar-refractivity contribution in [1.82, 2.24) is 35.1 Å². The highest BCUT2D eigenvalue weighted by atomic mass is 32.1. The van der Waals surface area contributed by atoms with Crippen molar-refractivity contribution in [1.29, 1.82) is 0 Å². The predicted molar refractivity (Wildman–Crippen MR) is 151 cm³/mol. The smallest absolute Gasteiger partial charge is 0.227 e. The highest BCUT2D eigenvalue weighted by Gasteiger charge is 2.29. The lowest BCUT2D eigenvalue weighted by molar-refractivity contribution is -0.117. The summed E-state index contributed by atoms with van der Waals surface area (Å²) in [5, 5.41) is 11.2. The molecule has 1 amide bonds. The van der Waals surface area contributed by atoms with E-state index < -0.39 is 0 Å². The Hall–Kier alpha value is -4.77. The fourth-order valence-electron chi connectivity index (χ4n) is 4.40. The van der Waals surface area contributed by atoms with Crippen molar-refractivity contribution in [3.05, 3.63) is 60.1 Å². The molecule has 11 heteroatoms. The van der Waals surface area contributed by atoms with Gasteiger partial charge in [0, 0.05) is 46.1 Å². The number of hydrogen-bond donors (Lipinski definition) is 3. The number of pyridine rings is 3. The number of aromatic amines is 2. The molecule has 6 aromatic heterocycles. The molecule has 0 spiro atoms. The normalized spacial score (nSPS) is 12.9. The van der Waals surface area contributed by atoms with Gasteiger partial charge in [-0.15, -0.1) is 11.3 Å². The lowest BCUT2D eigenvalue weighted by atomic mass is 10.1. The van der Waals surface area contributed by atoms with Crippen molar-refractivity contribution < 1.29 is 9.59 Å². The third-order valence-electron chi connectivity index (χ3n) is 6.55. The average molecular weight is 537 g/mol. The Bertz CT molecular complexity index is 1880. The largest absolute Gasteiger partial charge is 0.335 e. The number of H-pyrrole nitrogens is 2. The number of aromatic nitrogens is 7. The second-order valence-corrected chi connectivity index (χ2v) is 10.4. The van der Waals surface area contributed by atoms with Gasteiger partial charge in [-0.3, -0.25) is 24.7 Å². The molecule has 3 N–H and O–H groups in total. The van der Waals surface area contributed by atoms with Gasteiger partial charge in [-0.05, 0) is 44.0 Å². The summed E-state index contributed by atoms with van der Waals surface area (Å²) in [6.45, 7) is 1.56. The van der Waals surface area contributed by atoms with Gasteiger partial charge in [0.25, 0.3) is 0 Å². The molecular weight excluding hydrogens is 512 g/mol. The van der Waals surface area contributed by atoms with Crippen LogP contribution >= 0.6 is 11.3 Å². The molecule has 6 aromatic rings. The molecule has 6 heterocycles. The van der Waals surface area contributed by atoms with Crippen LogP contribution in [-0.4, -0.2) is 46.8 Å². The van der Waals surface area contributed by atoms with E-state index in [0.29, 0.717) is 27.7 Å². The maximum absolute atomic E-state index is 12.2. The second-order valence-electron chi connectivity index (χ2n) is 9.31. The number of ketones is 1.